The van der Waals surface area contributed by atoms with Crippen molar-refractivity contribution in [2.24, 2.45) is 17.3 Å². The van der Waals surface area contributed by atoms with Crippen LogP contribution in [0.25, 0.3) is 0 Å². The van der Waals surface area contributed by atoms with Gasteiger partial charge in [0.05, 0.1) is 5.92 Å². The molecule has 0 aromatic rings. The molecule has 0 saturated heterocycles. The highest BCUT2D eigenvalue weighted by atomic mass is 19.3. The van der Waals surface area contributed by atoms with E-state index in [-0.39, 0.29) is 5.41 Å². The van der Waals surface area contributed by atoms with E-state index in [0.717, 1.165) is 6.08 Å². The lowest BCUT2D eigenvalue weighted by Gasteiger charge is -2.47. The summed E-state index contributed by atoms with van der Waals surface area (Å²) < 4.78 is 23.9. The number of carboxylic acids is 1. The third kappa shape index (κ3) is 1.87. The first-order chi connectivity index (χ1) is 5.84. The lowest BCUT2D eigenvalue weighted by atomic mass is 9.55. The van der Waals surface area contributed by atoms with Crippen molar-refractivity contribution in [3.05, 3.63) is 12.2 Å². The summed E-state index contributed by atoms with van der Waals surface area (Å²) in [6.07, 6.45) is -0.553. The van der Waals surface area contributed by atoms with E-state index in [1.807, 2.05) is 0 Å². The number of aliphatic carboxylic acids is 1. The van der Waals surface area contributed by atoms with Crippen LogP contribution in [-0.4, -0.2) is 11.1 Å². The fraction of sp³-hybridized carbons (Fsp3) is 0.667. The highest BCUT2D eigenvalue weighted by molar-refractivity contribution is 5.72. The van der Waals surface area contributed by atoms with E-state index in [9.17, 15) is 13.6 Å². The van der Waals surface area contributed by atoms with Crippen LogP contribution in [0.2, 0.25) is 0 Å². The minimum atomic E-state index is -1.79. The number of allylic oxidation sites excluding steroid dienone is 1. The van der Waals surface area contributed by atoms with Crippen LogP contribution in [0, 0.1) is 17.3 Å². The summed E-state index contributed by atoms with van der Waals surface area (Å²) in [5, 5.41) is 8.67. The van der Waals surface area contributed by atoms with Crippen molar-refractivity contribution in [1.82, 2.24) is 0 Å². The molecular formula is C9H12F2O2. The van der Waals surface area contributed by atoms with Gasteiger partial charge in [-0.15, -0.1) is 0 Å². The van der Waals surface area contributed by atoms with Crippen LogP contribution in [0.4, 0.5) is 8.78 Å². The minimum Gasteiger partial charge on any atom is -0.481 e. The van der Waals surface area contributed by atoms with Crippen molar-refractivity contribution in [2.75, 3.05) is 0 Å². The third-order valence-corrected chi connectivity index (χ3v) is 2.70. The van der Waals surface area contributed by atoms with Gasteiger partial charge in [-0.05, 0) is 17.9 Å². The second-order valence-electron chi connectivity index (χ2n) is 4.12. The molecule has 2 atom stereocenters. The molecule has 4 heteroatoms. The van der Waals surface area contributed by atoms with Gasteiger partial charge in [-0.2, -0.15) is 8.78 Å². The zero-order valence-electron chi connectivity index (χ0n) is 7.55. The fourth-order valence-electron chi connectivity index (χ4n) is 1.93. The maximum absolute atomic E-state index is 12.0. The second kappa shape index (κ2) is 3.09. The normalized spacial score (nSPS) is 30.5. The topological polar surface area (TPSA) is 37.3 Å². The molecule has 0 aromatic heterocycles. The Bertz CT molecular complexity index is 254. The summed E-state index contributed by atoms with van der Waals surface area (Å²) in [4.78, 5) is 10.6. The first kappa shape index (κ1) is 10.2. The maximum Gasteiger partial charge on any atom is 0.307 e. The quantitative estimate of drug-likeness (QED) is 0.726. The summed E-state index contributed by atoms with van der Waals surface area (Å²) in [6, 6.07) is 0. The molecule has 0 amide bonds. The lowest BCUT2D eigenvalue weighted by molar-refractivity contribution is -0.153. The summed E-state index contributed by atoms with van der Waals surface area (Å²) in [6.45, 7) is 3.60. The zero-order chi connectivity index (χ0) is 10.2. The molecule has 0 radical (unpaired) electrons. The molecule has 0 spiro atoms. The smallest absolute Gasteiger partial charge is 0.307 e. The van der Waals surface area contributed by atoms with Gasteiger partial charge < -0.3 is 5.11 Å². The Hall–Kier alpha value is -0.930. The van der Waals surface area contributed by atoms with Crippen LogP contribution < -0.4 is 0 Å². The van der Waals surface area contributed by atoms with Crippen LogP contribution in [0.15, 0.2) is 12.2 Å². The average molecular weight is 190 g/mol. The van der Waals surface area contributed by atoms with Crippen LogP contribution in [-0.2, 0) is 4.79 Å². The predicted octanol–water partition coefficient (Wildman–Crippen LogP) is 2.51. The molecule has 2 unspecified atom stereocenters. The molecule has 1 N–H and O–H groups in total. The van der Waals surface area contributed by atoms with Crippen LogP contribution in [0.3, 0.4) is 0 Å². The first-order valence-corrected chi connectivity index (χ1v) is 4.10. The van der Waals surface area contributed by atoms with E-state index in [0.29, 0.717) is 6.42 Å². The van der Waals surface area contributed by atoms with Gasteiger partial charge in [0.25, 0.3) is 6.08 Å². The van der Waals surface area contributed by atoms with E-state index in [2.05, 4.69) is 0 Å². The van der Waals surface area contributed by atoms with Crippen molar-refractivity contribution in [1.29, 1.82) is 0 Å². The van der Waals surface area contributed by atoms with E-state index >= 15 is 0 Å². The molecule has 1 rings (SSSR count). The molecule has 0 aliphatic heterocycles. The van der Waals surface area contributed by atoms with E-state index < -0.39 is 23.9 Å². The highest BCUT2D eigenvalue weighted by Crippen LogP contribution is 2.51. The molecular weight excluding hydrogens is 178 g/mol. The second-order valence-corrected chi connectivity index (χ2v) is 4.12. The van der Waals surface area contributed by atoms with Gasteiger partial charge in [0, 0.05) is 5.92 Å². The first-order valence-electron chi connectivity index (χ1n) is 4.10. The Morgan fingerprint density at radius 2 is 2.08 bits per heavy atom. The fourth-order valence-corrected chi connectivity index (χ4v) is 1.93. The summed E-state index contributed by atoms with van der Waals surface area (Å²) in [5.74, 6) is -2.16. The molecule has 1 saturated carbocycles. The van der Waals surface area contributed by atoms with Gasteiger partial charge in [-0.1, -0.05) is 13.8 Å². The number of hydrogen-bond donors (Lipinski definition) is 1. The summed E-state index contributed by atoms with van der Waals surface area (Å²) in [5.41, 5.74) is -0.313. The van der Waals surface area contributed by atoms with E-state index in [1.54, 1.807) is 13.8 Å². The van der Waals surface area contributed by atoms with Crippen LogP contribution >= 0.6 is 0 Å². The average Bonchev–Trinajstić information content (AvgIpc) is 1.96. The van der Waals surface area contributed by atoms with Crippen molar-refractivity contribution in [3.63, 3.8) is 0 Å². The SMILES string of the molecule is CC1(C)CC(C(=O)O)C1C=C(F)F. The Labute approximate surface area is 75.3 Å². The highest BCUT2D eigenvalue weighted by Gasteiger charge is 2.50. The van der Waals surface area contributed by atoms with E-state index in [1.165, 1.54) is 0 Å². The standard InChI is InChI=1S/C9H12F2O2/c1-9(2)4-5(8(12)13)6(9)3-7(10)11/h3,5-6H,4H2,1-2H3,(H,12,13). The minimum absolute atomic E-state index is 0.313. The largest absolute Gasteiger partial charge is 0.481 e. The van der Waals surface area contributed by atoms with Gasteiger partial charge in [0.1, 0.15) is 0 Å². The molecule has 1 aliphatic rings. The molecule has 0 bridgehead atoms. The molecule has 1 aliphatic carbocycles. The monoisotopic (exact) mass is 190 g/mol. The zero-order valence-corrected chi connectivity index (χ0v) is 7.55. The Morgan fingerprint density at radius 1 is 1.54 bits per heavy atom. The van der Waals surface area contributed by atoms with Gasteiger partial charge >= 0.3 is 5.97 Å². The predicted molar refractivity (Wildman–Crippen MR) is 43.3 cm³/mol. The van der Waals surface area contributed by atoms with E-state index in [4.69, 9.17) is 5.11 Å². The van der Waals surface area contributed by atoms with Gasteiger partial charge in [0.15, 0.2) is 0 Å². The number of halogens is 2. The Kier molecular flexibility index (Phi) is 2.41. The lowest BCUT2D eigenvalue weighted by Crippen LogP contribution is -2.46. The third-order valence-electron chi connectivity index (χ3n) is 2.70. The van der Waals surface area contributed by atoms with Crippen molar-refractivity contribution in [2.45, 2.75) is 20.3 Å². The number of rotatable bonds is 2. The van der Waals surface area contributed by atoms with Crippen molar-refractivity contribution in [3.8, 4) is 0 Å². The molecule has 0 heterocycles. The Morgan fingerprint density at radius 3 is 2.38 bits per heavy atom. The van der Waals surface area contributed by atoms with Gasteiger partial charge in [0.2, 0.25) is 0 Å². The summed E-state index contributed by atoms with van der Waals surface area (Å²) in [7, 11) is 0. The van der Waals surface area contributed by atoms with Crippen LogP contribution in [0.5, 0.6) is 0 Å². The number of hydrogen-bond acceptors (Lipinski definition) is 1. The molecule has 74 valence electrons. The maximum atomic E-state index is 12.0. The summed E-state index contributed by atoms with van der Waals surface area (Å²) >= 11 is 0. The van der Waals surface area contributed by atoms with Crippen LogP contribution in [0.1, 0.15) is 20.3 Å². The Balaban J connectivity index is 2.77. The molecule has 0 aromatic carbocycles. The molecule has 13 heavy (non-hydrogen) atoms. The molecule has 2 nitrogen and oxygen atoms in total. The van der Waals surface area contributed by atoms with Gasteiger partial charge in [-0.3, -0.25) is 4.79 Å². The van der Waals surface area contributed by atoms with Crippen molar-refractivity contribution >= 4 is 5.97 Å². The molecule has 1 fully saturated rings. The van der Waals surface area contributed by atoms with Crippen molar-refractivity contribution < 1.29 is 18.7 Å². The van der Waals surface area contributed by atoms with Gasteiger partial charge in [-0.25, -0.2) is 0 Å². The number of carbonyl (C=O) groups is 1. The number of carboxylic acid groups (broad SMARTS) is 1.